The van der Waals surface area contributed by atoms with Crippen LogP contribution in [0, 0.1) is 5.41 Å². The Balaban J connectivity index is 2.20. The first kappa shape index (κ1) is 14.8. The molecule has 0 aliphatic carbocycles. The van der Waals surface area contributed by atoms with Gasteiger partial charge in [-0.15, -0.1) is 0 Å². The first-order valence-corrected chi connectivity index (χ1v) is 8.22. The van der Waals surface area contributed by atoms with Gasteiger partial charge in [0.2, 0.25) is 0 Å². The molecular formula is C15H26N2OS. The van der Waals surface area contributed by atoms with Crippen molar-refractivity contribution in [2.75, 3.05) is 18.0 Å². The molecule has 0 saturated carbocycles. The monoisotopic (exact) mass is 282 g/mol. The van der Waals surface area contributed by atoms with Crippen LogP contribution >= 0.6 is 11.3 Å². The lowest BCUT2D eigenvalue weighted by atomic mass is 9.82. The third-order valence-corrected chi connectivity index (χ3v) is 5.73. The second kappa shape index (κ2) is 5.80. The standard InChI is InChI=1S/C15H26N2OS/c1-5-15(6-2)7-8-17(10-15)14-16-13(11(3)4)12(9-18)19-14/h11,18H,5-10H2,1-4H3. The third-order valence-electron chi connectivity index (χ3n) is 4.62. The van der Waals surface area contributed by atoms with Gasteiger partial charge in [0.1, 0.15) is 0 Å². The zero-order valence-corrected chi connectivity index (χ0v) is 13.4. The van der Waals surface area contributed by atoms with Crippen molar-refractivity contribution < 1.29 is 5.11 Å². The number of aromatic nitrogens is 1. The lowest BCUT2D eigenvalue weighted by Crippen LogP contribution is -2.26. The van der Waals surface area contributed by atoms with Crippen LogP contribution in [0.25, 0.3) is 0 Å². The van der Waals surface area contributed by atoms with Crippen LogP contribution in [-0.4, -0.2) is 23.2 Å². The molecule has 1 aromatic rings. The van der Waals surface area contributed by atoms with Gasteiger partial charge < -0.3 is 10.0 Å². The second-order valence-electron chi connectivity index (χ2n) is 6.00. The van der Waals surface area contributed by atoms with Gasteiger partial charge in [-0.05, 0) is 30.6 Å². The molecule has 1 aliphatic rings. The van der Waals surface area contributed by atoms with E-state index in [2.05, 4.69) is 32.6 Å². The van der Waals surface area contributed by atoms with E-state index in [9.17, 15) is 5.11 Å². The summed E-state index contributed by atoms with van der Waals surface area (Å²) in [7, 11) is 0. The van der Waals surface area contributed by atoms with Crippen LogP contribution in [0.15, 0.2) is 0 Å². The first-order valence-electron chi connectivity index (χ1n) is 7.40. The van der Waals surface area contributed by atoms with Gasteiger partial charge in [-0.25, -0.2) is 4.98 Å². The minimum absolute atomic E-state index is 0.117. The molecule has 2 rings (SSSR count). The largest absolute Gasteiger partial charge is 0.391 e. The Morgan fingerprint density at radius 1 is 1.37 bits per heavy atom. The molecule has 3 nitrogen and oxygen atoms in total. The molecule has 1 aliphatic heterocycles. The SMILES string of the molecule is CCC1(CC)CCN(c2nc(C(C)C)c(CO)s2)C1. The Bertz CT molecular complexity index is 424. The van der Waals surface area contributed by atoms with Crippen molar-refractivity contribution in [1.82, 2.24) is 4.98 Å². The minimum atomic E-state index is 0.117. The maximum Gasteiger partial charge on any atom is 0.185 e. The van der Waals surface area contributed by atoms with Gasteiger partial charge >= 0.3 is 0 Å². The Morgan fingerprint density at radius 3 is 2.47 bits per heavy atom. The highest BCUT2D eigenvalue weighted by molar-refractivity contribution is 7.15. The van der Waals surface area contributed by atoms with Gasteiger partial charge in [0.25, 0.3) is 0 Å². The fourth-order valence-corrected chi connectivity index (χ4v) is 4.08. The average Bonchev–Trinajstić information content (AvgIpc) is 3.03. The maximum atomic E-state index is 9.47. The quantitative estimate of drug-likeness (QED) is 0.893. The molecule has 0 aromatic carbocycles. The van der Waals surface area contributed by atoms with Crippen LogP contribution in [-0.2, 0) is 6.61 Å². The van der Waals surface area contributed by atoms with E-state index in [4.69, 9.17) is 4.98 Å². The van der Waals surface area contributed by atoms with Crippen molar-refractivity contribution in [2.45, 2.75) is 59.5 Å². The highest BCUT2D eigenvalue weighted by atomic mass is 32.1. The van der Waals surface area contributed by atoms with Crippen LogP contribution in [0.2, 0.25) is 0 Å². The van der Waals surface area contributed by atoms with Gasteiger partial charge in [0.15, 0.2) is 5.13 Å². The van der Waals surface area contributed by atoms with Gasteiger partial charge in [0.05, 0.1) is 17.2 Å². The lowest BCUT2D eigenvalue weighted by molar-refractivity contribution is 0.283. The molecule has 4 heteroatoms. The summed E-state index contributed by atoms with van der Waals surface area (Å²) in [5.74, 6) is 0.386. The topological polar surface area (TPSA) is 36.4 Å². The summed E-state index contributed by atoms with van der Waals surface area (Å²) >= 11 is 1.67. The van der Waals surface area contributed by atoms with E-state index in [-0.39, 0.29) is 6.61 Å². The number of rotatable bonds is 5. The molecule has 0 radical (unpaired) electrons. The number of aliphatic hydroxyl groups is 1. The van der Waals surface area contributed by atoms with Crippen molar-refractivity contribution in [2.24, 2.45) is 5.41 Å². The molecule has 0 amide bonds. The Hall–Kier alpha value is -0.610. The maximum absolute atomic E-state index is 9.47. The van der Waals surface area contributed by atoms with Gasteiger partial charge in [-0.2, -0.15) is 0 Å². The molecule has 2 heterocycles. The third kappa shape index (κ3) is 2.79. The summed E-state index contributed by atoms with van der Waals surface area (Å²) in [5, 5.41) is 10.6. The van der Waals surface area contributed by atoms with Gasteiger partial charge in [0, 0.05) is 13.1 Å². The zero-order chi connectivity index (χ0) is 14.0. The Morgan fingerprint density at radius 2 is 2.05 bits per heavy atom. The molecule has 1 saturated heterocycles. The molecule has 1 fully saturated rings. The average molecular weight is 282 g/mol. The van der Waals surface area contributed by atoms with E-state index in [0.717, 1.165) is 28.8 Å². The van der Waals surface area contributed by atoms with Gasteiger partial charge in [-0.3, -0.25) is 0 Å². The van der Waals surface area contributed by atoms with E-state index >= 15 is 0 Å². The number of hydrogen-bond acceptors (Lipinski definition) is 4. The highest BCUT2D eigenvalue weighted by Crippen LogP contribution is 2.41. The molecule has 0 bridgehead atoms. The number of thiazole rings is 1. The van der Waals surface area contributed by atoms with Crippen molar-refractivity contribution in [3.63, 3.8) is 0 Å². The van der Waals surface area contributed by atoms with Crippen LogP contribution in [0.5, 0.6) is 0 Å². The molecule has 0 spiro atoms. The fraction of sp³-hybridized carbons (Fsp3) is 0.800. The number of nitrogens with zero attached hydrogens (tertiary/aromatic N) is 2. The summed E-state index contributed by atoms with van der Waals surface area (Å²) in [6.45, 7) is 11.2. The van der Waals surface area contributed by atoms with Crippen molar-refractivity contribution in [3.8, 4) is 0 Å². The summed E-state index contributed by atoms with van der Waals surface area (Å²) < 4.78 is 0. The van der Waals surface area contributed by atoms with Crippen LogP contribution in [0.3, 0.4) is 0 Å². The molecule has 108 valence electrons. The number of anilines is 1. The summed E-state index contributed by atoms with van der Waals surface area (Å²) in [6.07, 6.45) is 3.76. The Kier molecular flexibility index (Phi) is 4.51. The van der Waals surface area contributed by atoms with Crippen molar-refractivity contribution in [1.29, 1.82) is 0 Å². The van der Waals surface area contributed by atoms with E-state index < -0.39 is 0 Å². The zero-order valence-electron chi connectivity index (χ0n) is 12.6. The van der Waals surface area contributed by atoms with Crippen molar-refractivity contribution in [3.05, 3.63) is 10.6 Å². The number of aliphatic hydroxyl groups excluding tert-OH is 1. The van der Waals surface area contributed by atoms with E-state index in [1.807, 2.05) is 0 Å². The predicted molar refractivity (Wildman–Crippen MR) is 82.0 cm³/mol. The first-order chi connectivity index (χ1) is 9.05. The molecular weight excluding hydrogens is 256 g/mol. The normalized spacial score (nSPS) is 18.5. The van der Waals surface area contributed by atoms with Crippen molar-refractivity contribution >= 4 is 16.5 Å². The van der Waals surface area contributed by atoms with Crippen LogP contribution < -0.4 is 4.90 Å². The molecule has 1 N–H and O–H groups in total. The van der Waals surface area contributed by atoms with Crippen LogP contribution in [0.4, 0.5) is 5.13 Å². The summed E-state index contributed by atoms with van der Waals surface area (Å²) in [4.78, 5) is 8.24. The minimum Gasteiger partial charge on any atom is -0.391 e. The fourth-order valence-electron chi connectivity index (χ4n) is 2.98. The van der Waals surface area contributed by atoms with Crippen LogP contribution in [0.1, 0.15) is 63.4 Å². The van der Waals surface area contributed by atoms with E-state index in [1.54, 1.807) is 11.3 Å². The predicted octanol–water partition coefficient (Wildman–Crippen LogP) is 3.78. The highest BCUT2D eigenvalue weighted by Gasteiger charge is 2.36. The number of hydrogen-bond donors (Lipinski definition) is 1. The molecule has 1 aromatic heterocycles. The molecule has 0 atom stereocenters. The lowest BCUT2D eigenvalue weighted by Gasteiger charge is -2.26. The van der Waals surface area contributed by atoms with E-state index in [0.29, 0.717) is 11.3 Å². The Labute approximate surface area is 120 Å². The molecule has 0 unspecified atom stereocenters. The molecule has 19 heavy (non-hydrogen) atoms. The van der Waals surface area contributed by atoms with Gasteiger partial charge in [-0.1, -0.05) is 39.0 Å². The van der Waals surface area contributed by atoms with E-state index in [1.165, 1.54) is 19.3 Å². The second-order valence-corrected chi connectivity index (χ2v) is 7.06. The smallest absolute Gasteiger partial charge is 0.185 e. The summed E-state index contributed by atoms with van der Waals surface area (Å²) in [6, 6.07) is 0. The summed E-state index contributed by atoms with van der Waals surface area (Å²) in [5.41, 5.74) is 1.55.